The van der Waals surface area contributed by atoms with E-state index in [4.69, 9.17) is 4.98 Å². The van der Waals surface area contributed by atoms with Gasteiger partial charge in [0.1, 0.15) is 5.82 Å². The molecule has 0 spiro atoms. The lowest BCUT2D eigenvalue weighted by Crippen LogP contribution is -2.36. The molecule has 3 aromatic rings. The quantitative estimate of drug-likeness (QED) is 0.600. The van der Waals surface area contributed by atoms with Gasteiger partial charge in [-0.25, -0.2) is 4.39 Å². The zero-order valence-electron chi connectivity index (χ0n) is 17.6. The van der Waals surface area contributed by atoms with Gasteiger partial charge in [-0.15, -0.1) is 0 Å². The van der Waals surface area contributed by atoms with Crippen molar-refractivity contribution in [2.75, 3.05) is 13.1 Å². The molecule has 1 aliphatic carbocycles. The van der Waals surface area contributed by atoms with E-state index in [9.17, 15) is 14.0 Å². The number of amides is 2. The second-order valence-corrected chi connectivity index (χ2v) is 8.19. The van der Waals surface area contributed by atoms with Crippen LogP contribution in [0.4, 0.5) is 4.39 Å². The van der Waals surface area contributed by atoms with Gasteiger partial charge in [0.2, 0.25) is 5.91 Å². The summed E-state index contributed by atoms with van der Waals surface area (Å²) in [6, 6.07) is 13.7. The fourth-order valence-corrected chi connectivity index (χ4v) is 4.18. The predicted octanol–water partition coefficient (Wildman–Crippen LogP) is 3.59. The van der Waals surface area contributed by atoms with Gasteiger partial charge < -0.3 is 10.6 Å². The molecule has 0 saturated carbocycles. The van der Waals surface area contributed by atoms with E-state index in [0.717, 1.165) is 41.4 Å². The summed E-state index contributed by atoms with van der Waals surface area (Å²) in [5, 5.41) is 6.58. The highest BCUT2D eigenvalue weighted by molar-refractivity contribution is 6.07. The molecule has 0 aliphatic heterocycles. The third-order valence-electron chi connectivity index (χ3n) is 5.72. The Bertz CT molecular complexity index is 1130. The Hall–Kier alpha value is -3.28. The van der Waals surface area contributed by atoms with Gasteiger partial charge in [-0.2, -0.15) is 0 Å². The van der Waals surface area contributed by atoms with Gasteiger partial charge >= 0.3 is 0 Å². The fourth-order valence-electron chi connectivity index (χ4n) is 4.18. The molecule has 2 N–H and O–H groups in total. The number of pyridine rings is 1. The van der Waals surface area contributed by atoms with Crippen LogP contribution in [0.5, 0.6) is 0 Å². The van der Waals surface area contributed by atoms with Crippen molar-refractivity contribution in [3.8, 4) is 0 Å². The van der Waals surface area contributed by atoms with Crippen molar-refractivity contribution in [1.82, 2.24) is 15.6 Å². The van der Waals surface area contributed by atoms with Gasteiger partial charge in [-0.05, 0) is 54.5 Å². The molecule has 1 aliphatic rings. The molecule has 0 saturated heterocycles. The van der Waals surface area contributed by atoms with Crippen molar-refractivity contribution < 1.29 is 14.0 Å². The highest BCUT2D eigenvalue weighted by atomic mass is 19.1. The molecule has 1 aromatic heterocycles. The van der Waals surface area contributed by atoms with Crippen molar-refractivity contribution in [3.63, 3.8) is 0 Å². The minimum absolute atomic E-state index is 0.103. The first-order valence-corrected chi connectivity index (χ1v) is 10.7. The van der Waals surface area contributed by atoms with E-state index in [2.05, 4.69) is 17.6 Å². The Balaban J connectivity index is 1.41. The molecule has 5 nitrogen and oxygen atoms in total. The molecule has 1 atom stereocenters. The summed E-state index contributed by atoms with van der Waals surface area (Å²) in [7, 11) is 0. The van der Waals surface area contributed by atoms with Crippen LogP contribution in [0, 0.1) is 11.7 Å². The average molecular weight is 420 g/mol. The summed E-state index contributed by atoms with van der Waals surface area (Å²) in [4.78, 5) is 30.0. The first kappa shape index (κ1) is 21.0. The normalized spacial score (nSPS) is 15.4. The van der Waals surface area contributed by atoms with Crippen LogP contribution in [0.2, 0.25) is 0 Å². The number of benzene rings is 2. The van der Waals surface area contributed by atoms with E-state index in [1.165, 1.54) is 12.1 Å². The van der Waals surface area contributed by atoms with E-state index in [-0.39, 0.29) is 24.1 Å². The van der Waals surface area contributed by atoms with E-state index >= 15 is 0 Å². The predicted molar refractivity (Wildman–Crippen MR) is 118 cm³/mol. The van der Waals surface area contributed by atoms with Crippen molar-refractivity contribution in [2.45, 2.75) is 32.6 Å². The summed E-state index contributed by atoms with van der Waals surface area (Å²) in [5.74, 6) is -0.187. The highest BCUT2D eigenvalue weighted by Gasteiger charge is 2.25. The lowest BCUT2D eigenvalue weighted by atomic mass is 9.84. The summed E-state index contributed by atoms with van der Waals surface area (Å²) in [6.07, 6.45) is 2.92. The van der Waals surface area contributed by atoms with Gasteiger partial charge in [0, 0.05) is 24.2 Å². The summed E-state index contributed by atoms with van der Waals surface area (Å²) >= 11 is 0. The largest absolute Gasteiger partial charge is 0.354 e. The molecule has 6 heteroatoms. The smallest absolute Gasteiger partial charge is 0.252 e. The lowest BCUT2D eigenvalue weighted by molar-refractivity contribution is -0.120. The molecule has 0 bridgehead atoms. The van der Waals surface area contributed by atoms with Gasteiger partial charge in [-0.1, -0.05) is 37.3 Å². The molecule has 2 amide bonds. The molecular weight excluding hydrogens is 393 g/mol. The van der Waals surface area contributed by atoms with E-state index < -0.39 is 0 Å². The van der Waals surface area contributed by atoms with Crippen LogP contribution in [-0.2, 0) is 24.1 Å². The van der Waals surface area contributed by atoms with Crippen molar-refractivity contribution in [2.24, 2.45) is 5.92 Å². The SMILES string of the molecule is CC1CCc2nc3ccccc3c(C(=O)NCCNC(=O)Cc3cccc(F)c3)c2C1. The van der Waals surface area contributed by atoms with Crippen LogP contribution in [0.3, 0.4) is 0 Å². The molecule has 0 radical (unpaired) electrons. The minimum Gasteiger partial charge on any atom is -0.354 e. The number of hydrogen-bond donors (Lipinski definition) is 2. The third kappa shape index (κ3) is 4.90. The van der Waals surface area contributed by atoms with Crippen LogP contribution < -0.4 is 10.6 Å². The number of fused-ring (bicyclic) bond motifs is 2. The van der Waals surface area contributed by atoms with E-state index in [0.29, 0.717) is 30.1 Å². The first-order chi connectivity index (χ1) is 15.0. The number of aryl methyl sites for hydroxylation is 1. The van der Waals surface area contributed by atoms with Crippen LogP contribution in [0.25, 0.3) is 10.9 Å². The minimum atomic E-state index is -0.361. The third-order valence-corrected chi connectivity index (χ3v) is 5.72. The lowest BCUT2D eigenvalue weighted by Gasteiger charge is -2.24. The fraction of sp³-hybridized carbons (Fsp3) is 0.320. The zero-order chi connectivity index (χ0) is 21.8. The van der Waals surface area contributed by atoms with Crippen LogP contribution >= 0.6 is 0 Å². The number of carbonyl (C=O) groups is 2. The van der Waals surface area contributed by atoms with Crippen molar-refractivity contribution in [3.05, 3.63) is 76.7 Å². The summed E-state index contributed by atoms with van der Waals surface area (Å²) in [6.45, 7) is 2.82. The van der Waals surface area contributed by atoms with E-state index in [1.54, 1.807) is 12.1 Å². The van der Waals surface area contributed by atoms with Crippen LogP contribution in [0.15, 0.2) is 48.5 Å². The second kappa shape index (κ2) is 9.25. The van der Waals surface area contributed by atoms with Gasteiger partial charge in [-0.3, -0.25) is 14.6 Å². The number of nitrogens with zero attached hydrogens (tertiary/aromatic N) is 1. The molecule has 4 rings (SSSR count). The number of carbonyl (C=O) groups excluding carboxylic acids is 2. The summed E-state index contributed by atoms with van der Waals surface area (Å²) < 4.78 is 13.2. The maximum atomic E-state index is 13.2. The number of para-hydroxylation sites is 1. The maximum absolute atomic E-state index is 13.2. The Labute approximate surface area is 181 Å². The molecule has 1 heterocycles. The monoisotopic (exact) mass is 419 g/mol. The zero-order valence-corrected chi connectivity index (χ0v) is 17.6. The second-order valence-electron chi connectivity index (χ2n) is 8.19. The van der Waals surface area contributed by atoms with Gasteiger partial charge in [0.25, 0.3) is 5.91 Å². The van der Waals surface area contributed by atoms with Crippen molar-refractivity contribution in [1.29, 1.82) is 0 Å². The number of hydrogen-bond acceptors (Lipinski definition) is 3. The van der Waals surface area contributed by atoms with Gasteiger partial charge in [0.05, 0.1) is 17.5 Å². The summed E-state index contributed by atoms with van der Waals surface area (Å²) in [5.41, 5.74) is 4.23. The molecular formula is C25H26FN3O2. The average Bonchev–Trinajstić information content (AvgIpc) is 2.75. The molecule has 1 unspecified atom stereocenters. The van der Waals surface area contributed by atoms with Gasteiger partial charge in [0.15, 0.2) is 0 Å². The van der Waals surface area contributed by atoms with Crippen LogP contribution in [0.1, 0.15) is 40.5 Å². The number of aromatic nitrogens is 1. The molecule has 0 fully saturated rings. The standard InChI is InChI=1S/C25H26FN3O2/c1-16-9-10-22-20(13-16)24(19-7-2-3-8-21(19)29-22)25(31)28-12-11-27-23(30)15-17-5-4-6-18(26)14-17/h2-8,14,16H,9-13,15H2,1H3,(H,27,30)(H,28,31). The Kier molecular flexibility index (Phi) is 6.26. The van der Waals surface area contributed by atoms with Crippen LogP contribution in [-0.4, -0.2) is 29.9 Å². The molecule has 2 aromatic carbocycles. The van der Waals surface area contributed by atoms with Crippen molar-refractivity contribution >= 4 is 22.7 Å². The maximum Gasteiger partial charge on any atom is 0.252 e. The van der Waals surface area contributed by atoms with E-state index in [1.807, 2.05) is 24.3 Å². The molecule has 160 valence electrons. The number of halogens is 1. The highest BCUT2D eigenvalue weighted by Crippen LogP contribution is 2.31. The Morgan fingerprint density at radius 2 is 1.90 bits per heavy atom. The Morgan fingerprint density at radius 1 is 1.10 bits per heavy atom. The number of nitrogens with one attached hydrogen (secondary N) is 2. The first-order valence-electron chi connectivity index (χ1n) is 10.7. The molecule has 31 heavy (non-hydrogen) atoms. The Morgan fingerprint density at radius 3 is 2.74 bits per heavy atom. The topological polar surface area (TPSA) is 71.1 Å². The number of rotatable bonds is 6.